The van der Waals surface area contributed by atoms with Crippen molar-refractivity contribution in [3.63, 3.8) is 0 Å². The van der Waals surface area contributed by atoms with Crippen LogP contribution in [0.3, 0.4) is 0 Å². The van der Waals surface area contributed by atoms with Gasteiger partial charge in [-0.05, 0) is 26.8 Å². The molecule has 0 aliphatic rings. The molecule has 2 heterocycles. The summed E-state index contributed by atoms with van der Waals surface area (Å²) in [7, 11) is 0. The monoisotopic (exact) mass is 247 g/mol. The lowest BCUT2D eigenvalue weighted by atomic mass is 10.3. The van der Waals surface area contributed by atoms with Crippen LogP contribution in [0.5, 0.6) is 0 Å². The molecule has 5 nitrogen and oxygen atoms in total. The van der Waals surface area contributed by atoms with Crippen molar-refractivity contribution < 1.29 is 0 Å². The van der Waals surface area contributed by atoms with Crippen LogP contribution in [-0.2, 0) is 13.0 Å². The van der Waals surface area contributed by atoms with Crippen LogP contribution < -0.4 is 5.32 Å². The van der Waals surface area contributed by atoms with Gasteiger partial charge in [-0.2, -0.15) is 5.10 Å². The van der Waals surface area contributed by atoms with E-state index < -0.39 is 0 Å². The average molecular weight is 247 g/mol. The van der Waals surface area contributed by atoms with Gasteiger partial charge >= 0.3 is 0 Å². The number of aromatic amines is 1. The molecular weight excluding hydrogens is 226 g/mol. The number of nitrogens with zero attached hydrogens (tertiary/aromatic N) is 3. The minimum absolute atomic E-state index is 0.408. The lowest BCUT2D eigenvalue weighted by Gasteiger charge is -2.14. The largest absolute Gasteiger partial charge is 0.348 e. The average Bonchev–Trinajstić information content (AvgIpc) is 2.90. The summed E-state index contributed by atoms with van der Waals surface area (Å²) in [6.07, 6.45) is 4.56. The van der Waals surface area contributed by atoms with Crippen LogP contribution in [0.4, 0.5) is 0 Å². The van der Waals surface area contributed by atoms with Crippen LogP contribution in [0.2, 0.25) is 0 Å². The van der Waals surface area contributed by atoms with Gasteiger partial charge in [-0.1, -0.05) is 0 Å². The summed E-state index contributed by atoms with van der Waals surface area (Å²) >= 11 is 0. The summed E-state index contributed by atoms with van der Waals surface area (Å²) < 4.78 is 2.06. The Morgan fingerprint density at radius 1 is 1.44 bits per heavy atom. The predicted octanol–water partition coefficient (Wildman–Crippen LogP) is 1.44. The van der Waals surface area contributed by atoms with E-state index in [9.17, 15) is 0 Å². The molecule has 0 fully saturated rings. The van der Waals surface area contributed by atoms with Crippen LogP contribution in [0.25, 0.3) is 0 Å². The Morgan fingerprint density at radius 2 is 2.28 bits per heavy atom. The molecule has 2 aromatic rings. The molecule has 0 amide bonds. The number of aromatic nitrogens is 4. The molecule has 0 saturated heterocycles. The van der Waals surface area contributed by atoms with Crippen molar-refractivity contribution in [3.8, 4) is 0 Å². The SMILES string of the molecule is Cc1cc(C)n(CC(C)NCCc2cnc[nH]2)n1. The third kappa shape index (κ3) is 3.43. The number of imidazole rings is 1. The topological polar surface area (TPSA) is 58.5 Å². The normalized spacial score (nSPS) is 12.8. The number of rotatable bonds is 6. The van der Waals surface area contributed by atoms with Gasteiger partial charge in [-0.3, -0.25) is 4.68 Å². The highest BCUT2D eigenvalue weighted by molar-refractivity contribution is 5.06. The van der Waals surface area contributed by atoms with Crippen molar-refractivity contribution in [2.75, 3.05) is 6.54 Å². The summed E-state index contributed by atoms with van der Waals surface area (Å²) in [6, 6.07) is 2.52. The van der Waals surface area contributed by atoms with Crippen molar-refractivity contribution in [2.24, 2.45) is 0 Å². The first-order valence-electron chi connectivity index (χ1n) is 6.37. The Hall–Kier alpha value is -1.62. The third-order valence-corrected chi connectivity index (χ3v) is 2.99. The first-order valence-corrected chi connectivity index (χ1v) is 6.37. The fourth-order valence-corrected chi connectivity index (χ4v) is 2.06. The van der Waals surface area contributed by atoms with Gasteiger partial charge in [0.2, 0.25) is 0 Å². The lowest BCUT2D eigenvalue weighted by Crippen LogP contribution is -2.32. The molecule has 1 atom stereocenters. The van der Waals surface area contributed by atoms with Crippen LogP contribution in [-0.4, -0.2) is 32.3 Å². The standard InChI is InChI=1S/C13H21N5/c1-10-6-12(3)18(17-10)8-11(2)15-5-4-13-7-14-9-16-13/h6-7,9,11,15H,4-5,8H2,1-3H3,(H,14,16). The van der Waals surface area contributed by atoms with E-state index in [4.69, 9.17) is 0 Å². The van der Waals surface area contributed by atoms with Crippen LogP contribution in [0.15, 0.2) is 18.6 Å². The molecule has 0 aliphatic carbocycles. The molecule has 0 bridgehead atoms. The van der Waals surface area contributed by atoms with E-state index in [1.165, 1.54) is 11.4 Å². The second-order valence-electron chi connectivity index (χ2n) is 4.79. The number of nitrogens with one attached hydrogen (secondary N) is 2. The second-order valence-corrected chi connectivity index (χ2v) is 4.79. The maximum Gasteiger partial charge on any atom is 0.0921 e. The van der Waals surface area contributed by atoms with Crippen LogP contribution >= 0.6 is 0 Å². The highest BCUT2D eigenvalue weighted by atomic mass is 15.3. The van der Waals surface area contributed by atoms with Gasteiger partial charge in [0.05, 0.1) is 18.6 Å². The van der Waals surface area contributed by atoms with Gasteiger partial charge in [0.25, 0.3) is 0 Å². The fraction of sp³-hybridized carbons (Fsp3) is 0.538. The minimum Gasteiger partial charge on any atom is -0.348 e. The number of H-pyrrole nitrogens is 1. The molecule has 0 spiro atoms. The van der Waals surface area contributed by atoms with Gasteiger partial charge < -0.3 is 10.3 Å². The first-order chi connectivity index (χ1) is 8.65. The zero-order chi connectivity index (χ0) is 13.0. The van der Waals surface area contributed by atoms with E-state index in [2.05, 4.69) is 45.0 Å². The zero-order valence-corrected chi connectivity index (χ0v) is 11.3. The van der Waals surface area contributed by atoms with Gasteiger partial charge in [0.15, 0.2) is 0 Å². The van der Waals surface area contributed by atoms with E-state index in [1.807, 2.05) is 13.1 Å². The Labute approximate surface area is 108 Å². The van der Waals surface area contributed by atoms with Gasteiger partial charge in [0.1, 0.15) is 0 Å². The van der Waals surface area contributed by atoms with Crippen molar-refractivity contribution in [1.29, 1.82) is 0 Å². The van der Waals surface area contributed by atoms with Gasteiger partial charge in [-0.25, -0.2) is 4.98 Å². The third-order valence-electron chi connectivity index (χ3n) is 2.99. The molecular formula is C13H21N5. The van der Waals surface area contributed by atoms with Crippen molar-refractivity contribution in [1.82, 2.24) is 25.1 Å². The Kier molecular flexibility index (Phi) is 4.15. The van der Waals surface area contributed by atoms with Crippen LogP contribution in [0.1, 0.15) is 24.0 Å². The van der Waals surface area contributed by atoms with E-state index in [-0.39, 0.29) is 0 Å². The quantitative estimate of drug-likeness (QED) is 0.812. The summed E-state index contributed by atoms with van der Waals surface area (Å²) in [5.74, 6) is 0. The Bertz CT molecular complexity index is 472. The molecule has 5 heteroatoms. The maximum atomic E-state index is 4.47. The summed E-state index contributed by atoms with van der Waals surface area (Å²) in [6.45, 7) is 8.16. The van der Waals surface area contributed by atoms with Crippen LogP contribution in [0, 0.1) is 13.8 Å². The second kappa shape index (κ2) is 5.82. The fourth-order valence-electron chi connectivity index (χ4n) is 2.06. The molecule has 98 valence electrons. The molecule has 2 rings (SSSR count). The smallest absolute Gasteiger partial charge is 0.0921 e. The van der Waals surface area contributed by atoms with Gasteiger partial charge in [-0.15, -0.1) is 0 Å². The molecule has 1 unspecified atom stereocenters. The summed E-state index contributed by atoms with van der Waals surface area (Å²) in [5, 5.41) is 7.97. The predicted molar refractivity (Wildman–Crippen MR) is 71.5 cm³/mol. The molecule has 2 N–H and O–H groups in total. The molecule has 18 heavy (non-hydrogen) atoms. The minimum atomic E-state index is 0.408. The van der Waals surface area contributed by atoms with Crippen molar-refractivity contribution >= 4 is 0 Å². The van der Waals surface area contributed by atoms with E-state index in [1.54, 1.807) is 6.33 Å². The number of hydrogen-bond donors (Lipinski definition) is 2. The molecule has 0 saturated carbocycles. The Balaban J connectivity index is 1.75. The van der Waals surface area contributed by atoms with E-state index in [0.717, 1.165) is 25.2 Å². The molecule has 0 radical (unpaired) electrons. The Morgan fingerprint density at radius 3 is 2.89 bits per heavy atom. The molecule has 0 aromatic carbocycles. The molecule has 0 aliphatic heterocycles. The first kappa shape index (κ1) is 12.8. The van der Waals surface area contributed by atoms with E-state index >= 15 is 0 Å². The summed E-state index contributed by atoms with van der Waals surface area (Å²) in [5.41, 5.74) is 3.47. The number of hydrogen-bond acceptors (Lipinski definition) is 3. The van der Waals surface area contributed by atoms with Crippen molar-refractivity contribution in [3.05, 3.63) is 35.7 Å². The van der Waals surface area contributed by atoms with E-state index in [0.29, 0.717) is 6.04 Å². The summed E-state index contributed by atoms with van der Waals surface area (Å²) in [4.78, 5) is 7.11. The number of aryl methyl sites for hydroxylation is 2. The maximum absolute atomic E-state index is 4.47. The lowest BCUT2D eigenvalue weighted by molar-refractivity contribution is 0.446. The highest BCUT2D eigenvalue weighted by Crippen LogP contribution is 2.02. The zero-order valence-electron chi connectivity index (χ0n) is 11.3. The van der Waals surface area contributed by atoms with Gasteiger partial charge in [0, 0.05) is 36.6 Å². The highest BCUT2D eigenvalue weighted by Gasteiger charge is 2.06. The van der Waals surface area contributed by atoms with Crippen molar-refractivity contribution in [2.45, 2.75) is 39.8 Å². The molecule has 2 aromatic heterocycles.